The number of alkyl halides is 3. The van der Waals surface area contributed by atoms with Crippen molar-refractivity contribution in [3.8, 4) is 11.4 Å². The molecule has 0 aliphatic heterocycles. The normalized spacial score (nSPS) is 11.8. The molecule has 28 heavy (non-hydrogen) atoms. The predicted molar refractivity (Wildman–Crippen MR) is 95.0 cm³/mol. The summed E-state index contributed by atoms with van der Waals surface area (Å²) in [5.74, 6) is -0.344. The van der Waals surface area contributed by atoms with Gasteiger partial charge in [0.15, 0.2) is 5.75 Å². The first-order chi connectivity index (χ1) is 13.2. The largest absolute Gasteiger partial charge is 0.503 e. The highest BCUT2D eigenvalue weighted by Crippen LogP contribution is 2.33. The van der Waals surface area contributed by atoms with Crippen LogP contribution >= 0.6 is 0 Å². The van der Waals surface area contributed by atoms with Crippen molar-refractivity contribution in [2.24, 2.45) is 7.05 Å². The van der Waals surface area contributed by atoms with Crippen molar-refractivity contribution in [3.05, 3.63) is 69.4 Å². The smallest absolute Gasteiger partial charge is 0.418 e. The van der Waals surface area contributed by atoms with Gasteiger partial charge in [-0.15, -0.1) is 5.10 Å². The summed E-state index contributed by atoms with van der Waals surface area (Å²) < 4.78 is 42.2. The van der Waals surface area contributed by atoms with Gasteiger partial charge in [0.2, 0.25) is 5.43 Å². The average Bonchev–Trinajstić information content (AvgIpc) is 3.11. The Balaban J connectivity index is 1.75. The van der Waals surface area contributed by atoms with Crippen molar-refractivity contribution < 1.29 is 18.3 Å². The van der Waals surface area contributed by atoms with Gasteiger partial charge in [0.05, 0.1) is 28.8 Å². The standard InChI is InChI=1S/C18H18F3N5O2/c1-11-7-16(27)17(28)15(25(11)2)9-22-8-12-10-26(24-23-12)14-6-4-3-5-13(14)18(19,20)21/h3-7,10,22,28H,8-9H2,1-2H3. The highest BCUT2D eigenvalue weighted by Gasteiger charge is 2.34. The number of nitrogens with zero attached hydrogens (tertiary/aromatic N) is 4. The first-order valence-electron chi connectivity index (χ1n) is 8.35. The molecule has 0 aliphatic rings. The number of nitrogens with one attached hydrogen (secondary N) is 1. The van der Waals surface area contributed by atoms with Crippen LogP contribution in [-0.4, -0.2) is 24.7 Å². The fourth-order valence-corrected chi connectivity index (χ4v) is 2.79. The molecule has 0 unspecified atom stereocenters. The molecule has 1 aromatic carbocycles. The lowest BCUT2D eigenvalue weighted by Crippen LogP contribution is -2.20. The van der Waals surface area contributed by atoms with Crippen LogP contribution in [0.1, 0.15) is 22.6 Å². The minimum Gasteiger partial charge on any atom is -0.503 e. The fourth-order valence-electron chi connectivity index (χ4n) is 2.79. The third-order valence-corrected chi connectivity index (χ3v) is 4.38. The van der Waals surface area contributed by atoms with Crippen LogP contribution in [0.25, 0.3) is 5.69 Å². The van der Waals surface area contributed by atoms with E-state index in [9.17, 15) is 23.1 Å². The van der Waals surface area contributed by atoms with Gasteiger partial charge in [-0.05, 0) is 19.1 Å². The van der Waals surface area contributed by atoms with Gasteiger partial charge in [0.1, 0.15) is 0 Å². The second kappa shape index (κ2) is 7.47. The van der Waals surface area contributed by atoms with E-state index >= 15 is 0 Å². The van der Waals surface area contributed by atoms with Crippen LogP contribution in [0.5, 0.6) is 5.75 Å². The Hall–Kier alpha value is -3.14. The third-order valence-electron chi connectivity index (χ3n) is 4.38. The van der Waals surface area contributed by atoms with Crippen LogP contribution in [0.2, 0.25) is 0 Å². The van der Waals surface area contributed by atoms with Gasteiger partial charge >= 0.3 is 6.18 Å². The number of aromatic hydroxyl groups is 1. The van der Waals surface area contributed by atoms with Gasteiger partial charge in [0.25, 0.3) is 0 Å². The quantitative estimate of drug-likeness (QED) is 0.695. The number of pyridine rings is 1. The van der Waals surface area contributed by atoms with Crippen LogP contribution in [0, 0.1) is 6.92 Å². The Kier molecular flexibility index (Phi) is 5.23. The lowest BCUT2D eigenvalue weighted by atomic mass is 10.1. The van der Waals surface area contributed by atoms with Gasteiger partial charge in [-0.2, -0.15) is 13.2 Å². The number of halogens is 3. The molecular weight excluding hydrogens is 375 g/mol. The zero-order valence-corrected chi connectivity index (χ0v) is 15.2. The first kappa shape index (κ1) is 19.6. The van der Waals surface area contributed by atoms with Gasteiger partial charge in [-0.25, -0.2) is 4.68 Å². The molecule has 0 aliphatic carbocycles. The maximum Gasteiger partial charge on any atom is 0.418 e. The van der Waals surface area contributed by atoms with Crippen LogP contribution in [-0.2, 0) is 26.3 Å². The topological polar surface area (TPSA) is 85.0 Å². The molecule has 0 amide bonds. The maximum atomic E-state index is 13.1. The van der Waals surface area contributed by atoms with Gasteiger partial charge in [-0.1, -0.05) is 17.3 Å². The highest BCUT2D eigenvalue weighted by molar-refractivity contribution is 5.42. The molecular formula is C18H18F3N5O2. The monoisotopic (exact) mass is 393 g/mol. The Labute approximate surface area is 158 Å². The van der Waals surface area contributed by atoms with E-state index in [1.165, 1.54) is 30.5 Å². The summed E-state index contributed by atoms with van der Waals surface area (Å²) in [5.41, 5.74) is 0.108. The Bertz CT molecular complexity index is 1060. The molecule has 148 valence electrons. The molecule has 10 heteroatoms. The van der Waals surface area contributed by atoms with E-state index in [0.29, 0.717) is 17.1 Å². The summed E-state index contributed by atoms with van der Waals surface area (Å²) >= 11 is 0. The van der Waals surface area contributed by atoms with Gasteiger partial charge in [0, 0.05) is 31.9 Å². The molecule has 0 radical (unpaired) electrons. The van der Waals surface area contributed by atoms with E-state index in [1.807, 2.05) is 0 Å². The van der Waals surface area contributed by atoms with Crippen LogP contribution in [0.4, 0.5) is 13.2 Å². The molecule has 2 heterocycles. The molecule has 2 N–H and O–H groups in total. The zero-order chi connectivity index (χ0) is 20.5. The van der Waals surface area contributed by atoms with E-state index in [4.69, 9.17) is 0 Å². The zero-order valence-electron chi connectivity index (χ0n) is 15.2. The predicted octanol–water partition coefficient (Wildman–Crippen LogP) is 2.29. The highest BCUT2D eigenvalue weighted by atomic mass is 19.4. The number of benzene rings is 1. The maximum absolute atomic E-state index is 13.1. The number of hydrogen-bond acceptors (Lipinski definition) is 5. The second-order valence-electron chi connectivity index (χ2n) is 6.28. The Morgan fingerprint density at radius 2 is 1.93 bits per heavy atom. The lowest BCUT2D eigenvalue weighted by molar-refractivity contribution is -0.137. The van der Waals surface area contributed by atoms with Gasteiger partial charge < -0.3 is 15.0 Å². The molecule has 3 rings (SSSR count). The van der Waals surface area contributed by atoms with Gasteiger partial charge in [-0.3, -0.25) is 4.79 Å². The second-order valence-corrected chi connectivity index (χ2v) is 6.28. The molecule has 2 aromatic heterocycles. The summed E-state index contributed by atoms with van der Waals surface area (Å²) in [7, 11) is 1.72. The SMILES string of the molecule is Cc1cc(=O)c(O)c(CNCc2cn(-c3ccccc3C(F)(F)F)nn2)n1C. The first-order valence-corrected chi connectivity index (χ1v) is 8.35. The lowest BCUT2D eigenvalue weighted by Gasteiger charge is -2.13. The minimum atomic E-state index is -4.51. The molecule has 0 saturated carbocycles. The minimum absolute atomic E-state index is 0.118. The summed E-state index contributed by atoms with van der Waals surface area (Å²) in [5, 5.41) is 20.6. The number of rotatable bonds is 5. The molecule has 7 nitrogen and oxygen atoms in total. The average molecular weight is 393 g/mol. The molecule has 0 saturated heterocycles. The Morgan fingerprint density at radius 3 is 2.64 bits per heavy atom. The van der Waals surface area contributed by atoms with Crippen molar-refractivity contribution in [3.63, 3.8) is 0 Å². The van der Waals surface area contributed by atoms with E-state index < -0.39 is 17.2 Å². The number of aromatic nitrogens is 4. The van der Waals surface area contributed by atoms with Crippen molar-refractivity contribution in [1.82, 2.24) is 24.9 Å². The Morgan fingerprint density at radius 1 is 1.21 bits per heavy atom. The summed E-state index contributed by atoms with van der Waals surface area (Å²) in [6, 6.07) is 6.43. The van der Waals surface area contributed by atoms with Crippen molar-refractivity contribution in [2.75, 3.05) is 0 Å². The van der Waals surface area contributed by atoms with Crippen molar-refractivity contribution >= 4 is 0 Å². The van der Waals surface area contributed by atoms with Crippen LogP contribution in [0.15, 0.2) is 41.3 Å². The summed E-state index contributed by atoms with van der Waals surface area (Å²) in [6.45, 7) is 2.11. The van der Waals surface area contributed by atoms with E-state index in [1.54, 1.807) is 18.5 Å². The molecule has 0 atom stereocenters. The van der Waals surface area contributed by atoms with Crippen molar-refractivity contribution in [2.45, 2.75) is 26.2 Å². The van der Waals surface area contributed by atoms with E-state index in [0.717, 1.165) is 10.7 Å². The number of hydrogen-bond donors (Lipinski definition) is 2. The van der Waals surface area contributed by atoms with Crippen LogP contribution in [0.3, 0.4) is 0 Å². The molecule has 0 spiro atoms. The molecule has 3 aromatic rings. The van der Waals surface area contributed by atoms with Crippen molar-refractivity contribution in [1.29, 1.82) is 0 Å². The van der Waals surface area contributed by atoms with E-state index in [2.05, 4.69) is 15.6 Å². The number of para-hydroxylation sites is 1. The van der Waals surface area contributed by atoms with Crippen LogP contribution < -0.4 is 10.7 Å². The summed E-state index contributed by atoms with van der Waals surface area (Å²) in [4.78, 5) is 11.7. The molecule has 0 fully saturated rings. The fraction of sp³-hybridized carbons (Fsp3) is 0.278. The number of aryl methyl sites for hydroxylation is 1. The summed E-state index contributed by atoms with van der Waals surface area (Å²) in [6.07, 6.45) is -3.11. The third kappa shape index (κ3) is 3.91. The van der Waals surface area contributed by atoms with E-state index in [-0.39, 0.29) is 24.5 Å². The molecule has 0 bridgehead atoms.